The SMILES string of the molecule is COc1ccc(C(=O)COc2ccc(/C=C3\CSc4ccccc4C3=O)cc2)cc1. The molecular weight excluding hydrogens is 396 g/mol. The van der Waals surface area contributed by atoms with E-state index in [1.807, 2.05) is 54.6 Å². The van der Waals surface area contributed by atoms with Crippen LogP contribution in [-0.4, -0.2) is 31.0 Å². The van der Waals surface area contributed by atoms with Crippen LogP contribution in [0.25, 0.3) is 6.08 Å². The number of carbonyl (C=O) groups excluding carboxylic acids is 2. The van der Waals surface area contributed by atoms with Crippen LogP contribution >= 0.6 is 11.8 Å². The van der Waals surface area contributed by atoms with E-state index in [2.05, 4.69) is 0 Å². The minimum atomic E-state index is -0.104. The van der Waals surface area contributed by atoms with Gasteiger partial charge in [0, 0.05) is 27.3 Å². The first-order chi connectivity index (χ1) is 14.6. The molecule has 0 saturated carbocycles. The second-order valence-electron chi connectivity index (χ2n) is 6.79. The minimum Gasteiger partial charge on any atom is -0.497 e. The maximum Gasteiger partial charge on any atom is 0.200 e. The van der Waals surface area contributed by atoms with Crippen LogP contribution in [0.1, 0.15) is 26.3 Å². The van der Waals surface area contributed by atoms with Crippen molar-refractivity contribution in [3.8, 4) is 11.5 Å². The Morgan fingerprint density at radius 3 is 2.40 bits per heavy atom. The summed E-state index contributed by atoms with van der Waals surface area (Å²) in [4.78, 5) is 26.0. The summed E-state index contributed by atoms with van der Waals surface area (Å²) < 4.78 is 10.7. The quantitative estimate of drug-likeness (QED) is 0.402. The first-order valence-electron chi connectivity index (χ1n) is 9.51. The third-order valence-corrected chi connectivity index (χ3v) is 5.93. The van der Waals surface area contributed by atoms with E-state index < -0.39 is 0 Å². The molecule has 0 amide bonds. The maximum atomic E-state index is 12.7. The summed E-state index contributed by atoms with van der Waals surface area (Å²) in [5, 5.41) is 0. The van der Waals surface area contributed by atoms with E-state index in [1.54, 1.807) is 43.1 Å². The molecule has 0 saturated heterocycles. The van der Waals surface area contributed by atoms with Crippen LogP contribution in [0.4, 0.5) is 0 Å². The lowest BCUT2D eigenvalue weighted by Crippen LogP contribution is -2.12. The van der Waals surface area contributed by atoms with Gasteiger partial charge < -0.3 is 9.47 Å². The number of ketones is 2. The van der Waals surface area contributed by atoms with Crippen molar-refractivity contribution in [3.05, 3.63) is 95.1 Å². The van der Waals surface area contributed by atoms with Gasteiger partial charge >= 0.3 is 0 Å². The molecule has 5 heteroatoms. The fourth-order valence-electron chi connectivity index (χ4n) is 3.15. The van der Waals surface area contributed by atoms with Crippen LogP contribution in [-0.2, 0) is 0 Å². The van der Waals surface area contributed by atoms with Gasteiger partial charge in [-0.1, -0.05) is 24.3 Å². The number of thioether (sulfide) groups is 1. The van der Waals surface area contributed by atoms with Crippen LogP contribution < -0.4 is 9.47 Å². The molecule has 0 aliphatic carbocycles. The third-order valence-electron chi connectivity index (χ3n) is 4.81. The van der Waals surface area contributed by atoms with Gasteiger partial charge in [0.2, 0.25) is 0 Å². The van der Waals surface area contributed by atoms with Gasteiger partial charge in [-0.25, -0.2) is 0 Å². The van der Waals surface area contributed by atoms with Crippen molar-refractivity contribution in [2.24, 2.45) is 0 Å². The Morgan fingerprint density at radius 1 is 0.967 bits per heavy atom. The molecule has 30 heavy (non-hydrogen) atoms. The maximum absolute atomic E-state index is 12.7. The van der Waals surface area contributed by atoms with E-state index >= 15 is 0 Å². The molecule has 0 aromatic heterocycles. The molecular formula is C25H20O4S. The van der Waals surface area contributed by atoms with E-state index in [4.69, 9.17) is 9.47 Å². The van der Waals surface area contributed by atoms with Crippen molar-refractivity contribution in [2.45, 2.75) is 4.90 Å². The zero-order chi connectivity index (χ0) is 20.9. The minimum absolute atomic E-state index is 0.0430. The Bertz CT molecular complexity index is 1100. The lowest BCUT2D eigenvalue weighted by atomic mass is 10.0. The number of fused-ring (bicyclic) bond motifs is 1. The molecule has 0 unspecified atom stereocenters. The Balaban J connectivity index is 1.39. The number of Topliss-reactive ketones (excluding diaryl/α,β-unsaturated/α-hetero) is 2. The number of hydrogen-bond acceptors (Lipinski definition) is 5. The van der Waals surface area contributed by atoms with Crippen LogP contribution in [0.15, 0.2) is 83.3 Å². The topological polar surface area (TPSA) is 52.6 Å². The van der Waals surface area contributed by atoms with Gasteiger partial charge in [0.25, 0.3) is 0 Å². The van der Waals surface area contributed by atoms with Crippen molar-refractivity contribution in [1.29, 1.82) is 0 Å². The summed E-state index contributed by atoms with van der Waals surface area (Å²) >= 11 is 1.68. The molecule has 0 fully saturated rings. The summed E-state index contributed by atoms with van der Waals surface area (Å²) in [7, 11) is 1.58. The third kappa shape index (κ3) is 4.47. The second-order valence-corrected chi connectivity index (χ2v) is 7.81. The number of ether oxygens (including phenoxy) is 2. The number of benzene rings is 3. The van der Waals surface area contributed by atoms with Gasteiger partial charge in [0.1, 0.15) is 11.5 Å². The number of methoxy groups -OCH3 is 1. The van der Waals surface area contributed by atoms with Crippen molar-refractivity contribution >= 4 is 29.4 Å². The molecule has 0 spiro atoms. The van der Waals surface area contributed by atoms with Crippen LogP contribution in [0.3, 0.4) is 0 Å². The summed E-state index contributed by atoms with van der Waals surface area (Å²) in [5.41, 5.74) is 3.04. The number of rotatable bonds is 6. The van der Waals surface area contributed by atoms with E-state index in [0.717, 1.165) is 21.6 Å². The highest BCUT2D eigenvalue weighted by Gasteiger charge is 2.21. The van der Waals surface area contributed by atoms with Gasteiger partial charge in [-0.3, -0.25) is 9.59 Å². The molecule has 0 bridgehead atoms. The number of hydrogen-bond donors (Lipinski definition) is 0. The van der Waals surface area contributed by atoms with Crippen molar-refractivity contribution in [3.63, 3.8) is 0 Å². The first-order valence-corrected chi connectivity index (χ1v) is 10.5. The van der Waals surface area contributed by atoms with E-state index in [-0.39, 0.29) is 18.2 Å². The predicted octanol–water partition coefficient (Wildman–Crippen LogP) is 5.33. The van der Waals surface area contributed by atoms with Gasteiger partial charge in [-0.15, -0.1) is 11.8 Å². The lowest BCUT2D eigenvalue weighted by Gasteiger charge is -2.16. The first kappa shape index (κ1) is 20.0. The van der Waals surface area contributed by atoms with Crippen molar-refractivity contribution in [1.82, 2.24) is 0 Å². The monoisotopic (exact) mass is 416 g/mol. The van der Waals surface area contributed by atoms with E-state index in [9.17, 15) is 9.59 Å². The molecule has 1 heterocycles. The van der Waals surface area contributed by atoms with Gasteiger partial charge in [-0.05, 0) is 60.2 Å². The summed E-state index contributed by atoms with van der Waals surface area (Å²) in [6.45, 7) is -0.0430. The normalized spacial score (nSPS) is 14.3. The molecule has 3 aromatic rings. The molecule has 3 aromatic carbocycles. The second kappa shape index (κ2) is 9.01. The number of carbonyl (C=O) groups is 2. The Kier molecular flexibility index (Phi) is 6.00. The largest absolute Gasteiger partial charge is 0.497 e. The fraction of sp³-hybridized carbons (Fsp3) is 0.120. The fourth-order valence-corrected chi connectivity index (χ4v) is 4.17. The smallest absolute Gasteiger partial charge is 0.200 e. The summed E-state index contributed by atoms with van der Waals surface area (Å²) in [6.07, 6.45) is 1.91. The molecule has 0 radical (unpaired) electrons. The molecule has 150 valence electrons. The van der Waals surface area contributed by atoms with Crippen LogP contribution in [0.5, 0.6) is 11.5 Å². The lowest BCUT2D eigenvalue weighted by molar-refractivity contribution is 0.0921. The molecule has 0 N–H and O–H groups in total. The highest BCUT2D eigenvalue weighted by atomic mass is 32.2. The Hall–Kier alpha value is -3.31. The molecule has 4 rings (SSSR count). The molecule has 1 aliphatic heterocycles. The average Bonchev–Trinajstić information content (AvgIpc) is 2.80. The van der Waals surface area contributed by atoms with Gasteiger partial charge in [0.05, 0.1) is 7.11 Å². The molecule has 0 atom stereocenters. The summed E-state index contributed by atoms with van der Waals surface area (Å²) in [5.74, 6) is 1.94. The van der Waals surface area contributed by atoms with Crippen LogP contribution in [0.2, 0.25) is 0 Å². The zero-order valence-electron chi connectivity index (χ0n) is 16.5. The van der Waals surface area contributed by atoms with Crippen molar-refractivity contribution < 1.29 is 19.1 Å². The standard InChI is InChI=1S/C25H20O4S/c1-28-20-12-8-18(9-13-20)23(26)15-29-21-10-6-17(7-11-21)14-19-16-30-24-5-3-2-4-22(24)25(19)27/h2-14H,15-16H2,1H3/b19-14+. The Morgan fingerprint density at radius 2 is 1.67 bits per heavy atom. The highest BCUT2D eigenvalue weighted by molar-refractivity contribution is 7.99. The Labute approximate surface area is 179 Å². The van der Waals surface area contributed by atoms with E-state index in [1.165, 1.54) is 0 Å². The van der Waals surface area contributed by atoms with Crippen LogP contribution in [0, 0.1) is 0 Å². The summed E-state index contributed by atoms with van der Waals surface area (Å²) in [6, 6.07) is 22.0. The molecule has 1 aliphatic rings. The highest BCUT2D eigenvalue weighted by Crippen LogP contribution is 2.33. The average molecular weight is 416 g/mol. The van der Waals surface area contributed by atoms with Gasteiger partial charge in [0.15, 0.2) is 18.2 Å². The van der Waals surface area contributed by atoms with E-state index in [0.29, 0.717) is 22.8 Å². The zero-order valence-corrected chi connectivity index (χ0v) is 17.3. The van der Waals surface area contributed by atoms with Crippen molar-refractivity contribution in [2.75, 3.05) is 19.5 Å². The predicted molar refractivity (Wildman–Crippen MR) is 119 cm³/mol. The molecule has 4 nitrogen and oxygen atoms in total. The van der Waals surface area contributed by atoms with Gasteiger partial charge in [-0.2, -0.15) is 0 Å².